The Morgan fingerprint density at radius 3 is 2.00 bits per heavy atom. The third-order valence-electron chi connectivity index (χ3n) is 0.289. The standard InChI is InChI=1S/C3H6O2.Zr/c1-2-3(4)5;/h2H2,1H3,(H,4,5);/q;+4/p-1. The molecule has 0 aliphatic rings. The fourth-order valence-corrected chi connectivity index (χ4v) is 0. The number of carbonyl (C=O) groups is 1. The van der Waals surface area contributed by atoms with Crippen molar-refractivity contribution in [1.82, 2.24) is 0 Å². The van der Waals surface area contributed by atoms with Gasteiger partial charge in [-0.2, -0.15) is 0 Å². The van der Waals surface area contributed by atoms with Gasteiger partial charge in [-0.15, -0.1) is 0 Å². The summed E-state index contributed by atoms with van der Waals surface area (Å²) in [6, 6.07) is 0. The Kier molecular flexibility index (Phi) is 8.57. The average Bonchev–Trinajstić information content (AvgIpc) is 1.38. The van der Waals surface area contributed by atoms with Crippen molar-refractivity contribution in [3.8, 4) is 0 Å². The maximum absolute atomic E-state index is 9.26. The van der Waals surface area contributed by atoms with Gasteiger partial charge in [0.15, 0.2) is 0 Å². The predicted molar refractivity (Wildman–Crippen MR) is 15.3 cm³/mol. The van der Waals surface area contributed by atoms with Crippen molar-refractivity contribution in [1.29, 1.82) is 0 Å². The molecule has 3 heteroatoms. The molecule has 0 unspecified atom stereocenters. The van der Waals surface area contributed by atoms with Gasteiger partial charge in [-0.3, -0.25) is 0 Å². The molecule has 0 heterocycles. The van der Waals surface area contributed by atoms with Crippen molar-refractivity contribution in [2.75, 3.05) is 0 Å². The molecule has 0 aromatic carbocycles. The topological polar surface area (TPSA) is 40.1 Å². The van der Waals surface area contributed by atoms with Gasteiger partial charge in [-0.25, -0.2) is 0 Å². The van der Waals surface area contributed by atoms with E-state index < -0.39 is 5.97 Å². The zero-order valence-electron chi connectivity index (χ0n) is 3.52. The van der Waals surface area contributed by atoms with Crippen molar-refractivity contribution in [3.63, 3.8) is 0 Å². The van der Waals surface area contributed by atoms with Crippen LogP contribution in [0.3, 0.4) is 0 Å². The molecule has 0 saturated heterocycles. The summed E-state index contributed by atoms with van der Waals surface area (Å²) in [7, 11) is 0. The largest absolute Gasteiger partial charge is 4.00 e. The quantitative estimate of drug-likeness (QED) is 0.506. The summed E-state index contributed by atoms with van der Waals surface area (Å²) < 4.78 is 0. The summed E-state index contributed by atoms with van der Waals surface area (Å²) in [6.45, 7) is 1.54. The van der Waals surface area contributed by atoms with Crippen molar-refractivity contribution >= 4 is 5.97 Å². The first-order valence-electron chi connectivity index (χ1n) is 1.47. The van der Waals surface area contributed by atoms with E-state index in [9.17, 15) is 9.90 Å². The average molecular weight is 164 g/mol. The first-order chi connectivity index (χ1) is 2.27. The van der Waals surface area contributed by atoms with E-state index in [1.54, 1.807) is 0 Å². The SMILES string of the molecule is CCC(=O)[O-].[Zr+4]. The van der Waals surface area contributed by atoms with Crippen LogP contribution in [0.25, 0.3) is 0 Å². The molecule has 0 aliphatic heterocycles. The molecule has 0 N–H and O–H groups in total. The van der Waals surface area contributed by atoms with Gasteiger partial charge in [0.25, 0.3) is 0 Å². The van der Waals surface area contributed by atoms with Gasteiger partial charge in [0.1, 0.15) is 0 Å². The van der Waals surface area contributed by atoms with E-state index in [4.69, 9.17) is 0 Å². The molecule has 30 valence electrons. The van der Waals surface area contributed by atoms with Gasteiger partial charge in [0.05, 0.1) is 0 Å². The van der Waals surface area contributed by atoms with Crippen LogP contribution in [0.2, 0.25) is 0 Å². The Hall–Kier alpha value is 0.353. The van der Waals surface area contributed by atoms with Gasteiger partial charge < -0.3 is 9.90 Å². The van der Waals surface area contributed by atoms with Crippen LogP contribution in [0.15, 0.2) is 0 Å². The van der Waals surface area contributed by atoms with Crippen molar-refractivity contribution < 1.29 is 36.1 Å². The van der Waals surface area contributed by atoms with E-state index >= 15 is 0 Å². The van der Waals surface area contributed by atoms with Crippen LogP contribution in [0.5, 0.6) is 0 Å². The minimum Gasteiger partial charge on any atom is -0.550 e. The molecule has 0 aliphatic carbocycles. The molecule has 2 nitrogen and oxygen atoms in total. The third-order valence-corrected chi connectivity index (χ3v) is 0.289. The molecule has 0 spiro atoms. The Morgan fingerprint density at radius 1 is 1.83 bits per heavy atom. The van der Waals surface area contributed by atoms with Crippen LogP contribution in [0.4, 0.5) is 0 Å². The van der Waals surface area contributed by atoms with Crippen LogP contribution in [-0.2, 0) is 31.0 Å². The van der Waals surface area contributed by atoms with Gasteiger partial charge in [-0.1, -0.05) is 6.92 Å². The zero-order chi connectivity index (χ0) is 4.28. The van der Waals surface area contributed by atoms with Crippen LogP contribution < -0.4 is 5.11 Å². The van der Waals surface area contributed by atoms with E-state index in [1.807, 2.05) is 0 Å². The van der Waals surface area contributed by atoms with E-state index in [2.05, 4.69) is 0 Å². The minimum atomic E-state index is -0.995. The fraction of sp³-hybridized carbons (Fsp3) is 0.667. The molecule has 0 atom stereocenters. The van der Waals surface area contributed by atoms with Crippen LogP contribution >= 0.6 is 0 Å². The fourth-order valence-electron chi connectivity index (χ4n) is 0. The number of rotatable bonds is 1. The number of carboxylic acid groups (broad SMARTS) is 1. The zero-order valence-corrected chi connectivity index (χ0v) is 5.98. The molecule has 0 aromatic rings. The summed E-state index contributed by atoms with van der Waals surface area (Å²) in [4.78, 5) is 9.26. The summed E-state index contributed by atoms with van der Waals surface area (Å²) in [6.07, 6.45) is 0.111. The number of aliphatic carboxylic acids is 1. The van der Waals surface area contributed by atoms with E-state index in [0.717, 1.165) is 0 Å². The Balaban J connectivity index is 0. The summed E-state index contributed by atoms with van der Waals surface area (Å²) in [5, 5.41) is 9.26. The van der Waals surface area contributed by atoms with Crippen LogP contribution in [-0.4, -0.2) is 5.97 Å². The molecule has 0 rings (SSSR count). The number of carboxylic acids is 1. The second-order valence-electron chi connectivity index (χ2n) is 0.726. The van der Waals surface area contributed by atoms with E-state index in [0.29, 0.717) is 0 Å². The molecule has 0 aromatic heterocycles. The van der Waals surface area contributed by atoms with Gasteiger partial charge >= 0.3 is 26.2 Å². The first-order valence-corrected chi connectivity index (χ1v) is 1.47. The summed E-state index contributed by atoms with van der Waals surface area (Å²) in [5.74, 6) is -0.995. The Labute approximate surface area is 55.7 Å². The molecule has 0 radical (unpaired) electrons. The normalized spacial score (nSPS) is 6.17. The van der Waals surface area contributed by atoms with Crippen molar-refractivity contribution in [2.45, 2.75) is 13.3 Å². The third kappa shape index (κ3) is 8.84. The molecule has 6 heavy (non-hydrogen) atoms. The monoisotopic (exact) mass is 163 g/mol. The Bertz CT molecular complexity index is 44.1. The summed E-state index contributed by atoms with van der Waals surface area (Å²) in [5.41, 5.74) is 0. The van der Waals surface area contributed by atoms with Gasteiger partial charge in [-0.05, 0) is 6.42 Å². The molecular weight excluding hydrogens is 159 g/mol. The van der Waals surface area contributed by atoms with Gasteiger partial charge in [0, 0.05) is 5.97 Å². The predicted octanol–water partition coefficient (Wildman–Crippen LogP) is -0.856. The molecule has 0 amide bonds. The maximum Gasteiger partial charge on any atom is 4.00 e. The van der Waals surface area contributed by atoms with Crippen molar-refractivity contribution in [3.05, 3.63) is 0 Å². The molecule has 0 fully saturated rings. The number of carbonyl (C=O) groups excluding carboxylic acids is 1. The second kappa shape index (κ2) is 5.35. The molecular formula is C3H5O2Zr+3. The smallest absolute Gasteiger partial charge is 0.550 e. The summed E-state index contributed by atoms with van der Waals surface area (Å²) >= 11 is 0. The van der Waals surface area contributed by atoms with Crippen LogP contribution in [0.1, 0.15) is 13.3 Å². The number of hydrogen-bond donors (Lipinski definition) is 0. The Morgan fingerprint density at radius 2 is 2.00 bits per heavy atom. The van der Waals surface area contributed by atoms with E-state index in [-0.39, 0.29) is 32.6 Å². The molecule has 0 saturated carbocycles. The maximum atomic E-state index is 9.26. The minimum absolute atomic E-state index is 0. The first kappa shape index (κ1) is 9.61. The number of hydrogen-bond acceptors (Lipinski definition) is 2. The van der Waals surface area contributed by atoms with Gasteiger partial charge in [0.2, 0.25) is 0 Å². The van der Waals surface area contributed by atoms with Crippen molar-refractivity contribution in [2.24, 2.45) is 0 Å². The van der Waals surface area contributed by atoms with E-state index in [1.165, 1.54) is 6.92 Å². The molecule has 0 bridgehead atoms. The second-order valence-corrected chi connectivity index (χ2v) is 0.726. The van der Waals surface area contributed by atoms with Crippen LogP contribution in [0, 0.1) is 0 Å².